The van der Waals surface area contributed by atoms with Gasteiger partial charge in [0.15, 0.2) is 4.90 Å². The Bertz CT molecular complexity index is 897. The lowest BCUT2D eigenvalue weighted by Crippen LogP contribution is -2.45. The summed E-state index contributed by atoms with van der Waals surface area (Å²) >= 11 is 0. The van der Waals surface area contributed by atoms with E-state index in [0.717, 1.165) is 18.7 Å². The van der Waals surface area contributed by atoms with Gasteiger partial charge in [-0.2, -0.15) is 0 Å². The lowest BCUT2D eigenvalue weighted by Gasteiger charge is -2.30. The molecule has 0 bridgehead atoms. The second-order valence-corrected chi connectivity index (χ2v) is 8.30. The molecule has 2 aromatic carbocycles. The quantitative estimate of drug-likeness (QED) is 0.484. The number of rotatable bonds is 10. The summed E-state index contributed by atoms with van der Waals surface area (Å²) < 4.78 is 28.4. The lowest BCUT2D eigenvalue weighted by atomic mass is 10.0. The molecule has 0 saturated carbocycles. The summed E-state index contributed by atoms with van der Waals surface area (Å²) in [5, 5.41) is 11.3. The first-order valence-electron chi connectivity index (χ1n) is 9.31. The topological polar surface area (TPSA) is 92.6 Å². The van der Waals surface area contributed by atoms with E-state index in [4.69, 9.17) is 0 Å². The molecule has 0 heterocycles. The van der Waals surface area contributed by atoms with E-state index in [1.807, 2.05) is 44.2 Å². The van der Waals surface area contributed by atoms with Gasteiger partial charge >= 0.3 is 0 Å². The number of likely N-dealkylation sites (N-methyl/N-ethyl adjacent to an activating group) is 1. The molecule has 0 radical (unpaired) electrons. The molecule has 0 saturated heterocycles. The highest BCUT2D eigenvalue weighted by Crippen LogP contribution is 2.26. The van der Waals surface area contributed by atoms with E-state index >= 15 is 0 Å². The van der Waals surface area contributed by atoms with Crippen molar-refractivity contribution in [2.24, 2.45) is 0 Å². The van der Waals surface area contributed by atoms with Crippen molar-refractivity contribution in [1.29, 1.82) is 0 Å². The Labute approximate surface area is 166 Å². The molecule has 8 heteroatoms. The Hall–Kier alpha value is -2.29. The fourth-order valence-electron chi connectivity index (χ4n) is 3.36. The first-order chi connectivity index (χ1) is 13.3. The molecule has 0 aliphatic rings. The van der Waals surface area contributed by atoms with Gasteiger partial charge in [-0.1, -0.05) is 56.3 Å². The van der Waals surface area contributed by atoms with Gasteiger partial charge in [0, 0.05) is 18.7 Å². The van der Waals surface area contributed by atoms with E-state index in [-0.39, 0.29) is 17.5 Å². The number of hydrogen-bond donors (Lipinski definition) is 1. The summed E-state index contributed by atoms with van der Waals surface area (Å²) in [5.41, 5.74) is 1.06. The number of nitro benzene ring substituents is 1. The van der Waals surface area contributed by atoms with Crippen LogP contribution in [0.2, 0.25) is 0 Å². The number of aryl methyl sites for hydroxylation is 1. The van der Waals surface area contributed by atoms with Crippen LogP contribution in [0.25, 0.3) is 0 Å². The molecule has 7 nitrogen and oxygen atoms in total. The van der Waals surface area contributed by atoms with Crippen LogP contribution in [-0.2, 0) is 16.4 Å². The van der Waals surface area contributed by atoms with Crippen LogP contribution in [0.5, 0.6) is 0 Å². The molecule has 0 aliphatic heterocycles. The molecule has 0 amide bonds. The summed E-state index contributed by atoms with van der Waals surface area (Å²) in [6.07, 6.45) is 0.681. The fourth-order valence-corrected chi connectivity index (χ4v) is 4.83. The van der Waals surface area contributed by atoms with Gasteiger partial charge in [0.25, 0.3) is 5.69 Å². The van der Waals surface area contributed by atoms with Gasteiger partial charge in [-0.3, -0.25) is 15.0 Å². The highest BCUT2D eigenvalue weighted by molar-refractivity contribution is 7.89. The van der Waals surface area contributed by atoms with Crippen LogP contribution in [0.3, 0.4) is 0 Å². The fraction of sp³-hybridized carbons (Fsp3) is 0.400. The normalized spacial score (nSPS) is 12.9. The first kappa shape index (κ1) is 22.0. The molecule has 0 aliphatic carbocycles. The molecule has 1 unspecified atom stereocenters. The van der Waals surface area contributed by atoms with Crippen LogP contribution in [0, 0.1) is 17.0 Å². The van der Waals surface area contributed by atoms with Gasteiger partial charge in [-0.25, -0.2) is 13.1 Å². The molecule has 1 atom stereocenters. The van der Waals surface area contributed by atoms with Crippen LogP contribution >= 0.6 is 0 Å². The minimum Gasteiger partial charge on any atom is -0.299 e. The number of nitro groups is 1. The van der Waals surface area contributed by atoms with Crippen molar-refractivity contribution in [2.75, 3.05) is 19.6 Å². The molecule has 28 heavy (non-hydrogen) atoms. The third kappa shape index (κ3) is 5.37. The van der Waals surface area contributed by atoms with Gasteiger partial charge < -0.3 is 0 Å². The molecule has 152 valence electrons. The van der Waals surface area contributed by atoms with Crippen molar-refractivity contribution < 1.29 is 13.3 Å². The van der Waals surface area contributed by atoms with Crippen molar-refractivity contribution in [3.63, 3.8) is 0 Å². The van der Waals surface area contributed by atoms with Crippen molar-refractivity contribution in [3.05, 3.63) is 69.8 Å². The summed E-state index contributed by atoms with van der Waals surface area (Å²) in [7, 11) is -4.02. The van der Waals surface area contributed by atoms with Gasteiger partial charge in [0.2, 0.25) is 10.0 Å². The second kappa shape index (κ2) is 9.77. The number of nitrogens with one attached hydrogen (secondary N) is 1. The molecule has 0 aromatic heterocycles. The average molecular weight is 406 g/mol. The van der Waals surface area contributed by atoms with Gasteiger partial charge in [-0.05, 0) is 37.6 Å². The summed E-state index contributed by atoms with van der Waals surface area (Å²) in [4.78, 5) is 12.6. The van der Waals surface area contributed by atoms with E-state index in [9.17, 15) is 18.5 Å². The Balaban J connectivity index is 2.27. The third-order valence-electron chi connectivity index (χ3n) is 4.81. The predicted molar refractivity (Wildman–Crippen MR) is 110 cm³/mol. The van der Waals surface area contributed by atoms with Gasteiger partial charge in [-0.15, -0.1) is 0 Å². The van der Waals surface area contributed by atoms with Crippen LogP contribution in [0.1, 0.15) is 25.0 Å². The van der Waals surface area contributed by atoms with Crippen molar-refractivity contribution in [2.45, 2.75) is 38.1 Å². The zero-order valence-corrected chi connectivity index (χ0v) is 17.3. The van der Waals surface area contributed by atoms with Gasteiger partial charge in [0.05, 0.1) is 4.92 Å². The van der Waals surface area contributed by atoms with E-state index in [2.05, 4.69) is 9.62 Å². The van der Waals surface area contributed by atoms with Gasteiger partial charge in [0.1, 0.15) is 0 Å². The van der Waals surface area contributed by atoms with E-state index in [0.29, 0.717) is 12.0 Å². The highest BCUT2D eigenvalue weighted by Gasteiger charge is 2.29. The van der Waals surface area contributed by atoms with Crippen LogP contribution < -0.4 is 4.72 Å². The Morgan fingerprint density at radius 2 is 1.71 bits per heavy atom. The molecule has 0 spiro atoms. The minimum absolute atomic E-state index is 0.0600. The largest absolute Gasteiger partial charge is 0.299 e. The number of sulfonamides is 1. The number of hydrogen-bond acceptors (Lipinski definition) is 5. The Morgan fingerprint density at radius 1 is 1.07 bits per heavy atom. The Morgan fingerprint density at radius 3 is 2.29 bits per heavy atom. The molecule has 2 aromatic rings. The predicted octanol–water partition coefficient (Wildman–Crippen LogP) is 3.13. The van der Waals surface area contributed by atoms with E-state index in [1.54, 1.807) is 13.0 Å². The molecule has 2 rings (SSSR count). The highest BCUT2D eigenvalue weighted by atomic mass is 32.2. The van der Waals surface area contributed by atoms with Crippen molar-refractivity contribution in [1.82, 2.24) is 9.62 Å². The SMILES string of the molecule is CCN(CC)C(CNS(=O)(=O)c1c(C)cccc1[N+](=O)[O-])Cc1ccccc1. The Kier molecular flexibility index (Phi) is 7.68. The van der Waals surface area contributed by atoms with E-state index < -0.39 is 20.6 Å². The van der Waals surface area contributed by atoms with Crippen LogP contribution in [0.4, 0.5) is 5.69 Å². The summed E-state index contributed by atoms with van der Waals surface area (Å²) in [6.45, 7) is 7.35. The standard InChI is InChI=1S/C20H27N3O4S/c1-4-22(5-2)18(14-17-11-7-6-8-12-17)15-21-28(26,27)20-16(3)10-9-13-19(20)23(24)25/h6-13,18,21H,4-5,14-15H2,1-3H3. The maximum atomic E-state index is 12.9. The number of nitrogens with zero attached hydrogens (tertiary/aromatic N) is 2. The minimum atomic E-state index is -4.02. The zero-order chi connectivity index (χ0) is 20.7. The number of benzene rings is 2. The summed E-state index contributed by atoms with van der Waals surface area (Å²) in [5.74, 6) is 0. The zero-order valence-electron chi connectivity index (χ0n) is 16.5. The van der Waals surface area contributed by atoms with Crippen LogP contribution in [0.15, 0.2) is 53.4 Å². The molecular weight excluding hydrogens is 378 g/mol. The third-order valence-corrected chi connectivity index (χ3v) is 6.42. The molecular formula is C20H27N3O4S. The van der Waals surface area contributed by atoms with E-state index in [1.165, 1.54) is 12.1 Å². The van der Waals surface area contributed by atoms with Crippen molar-refractivity contribution in [3.8, 4) is 0 Å². The smallest absolute Gasteiger partial charge is 0.289 e. The van der Waals surface area contributed by atoms with Crippen molar-refractivity contribution >= 4 is 15.7 Å². The average Bonchev–Trinajstić information content (AvgIpc) is 2.67. The second-order valence-electron chi connectivity index (χ2n) is 6.60. The maximum Gasteiger partial charge on any atom is 0.289 e. The lowest BCUT2D eigenvalue weighted by molar-refractivity contribution is -0.387. The maximum absolute atomic E-state index is 12.9. The monoisotopic (exact) mass is 405 g/mol. The molecule has 0 fully saturated rings. The summed E-state index contributed by atoms with van der Waals surface area (Å²) in [6, 6.07) is 14.1. The van der Waals surface area contributed by atoms with Crippen LogP contribution in [-0.4, -0.2) is 43.9 Å². The molecule has 1 N–H and O–H groups in total. The first-order valence-corrected chi connectivity index (χ1v) is 10.8.